The fourth-order valence-electron chi connectivity index (χ4n) is 2.01. The molecule has 116 valence electrons. The molecule has 1 N–H and O–H groups in total. The molecule has 0 aliphatic heterocycles. The Hall–Kier alpha value is -2.40. The van der Waals surface area contributed by atoms with E-state index in [9.17, 15) is 10.1 Å². The summed E-state index contributed by atoms with van der Waals surface area (Å²) in [7, 11) is 0. The van der Waals surface area contributed by atoms with Gasteiger partial charge in [0.1, 0.15) is 0 Å². The highest BCUT2D eigenvalue weighted by molar-refractivity contribution is 6.37. The number of hydrogen-bond donors (Lipinski definition) is 1. The summed E-state index contributed by atoms with van der Waals surface area (Å²) >= 11 is 6.25. The third-order valence-electron chi connectivity index (χ3n) is 3.07. The van der Waals surface area contributed by atoms with Gasteiger partial charge in [0, 0.05) is 6.08 Å². The van der Waals surface area contributed by atoms with E-state index in [4.69, 9.17) is 16.8 Å². The van der Waals surface area contributed by atoms with E-state index in [-0.39, 0.29) is 5.70 Å². The van der Waals surface area contributed by atoms with E-state index >= 15 is 0 Å². The fourth-order valence-corrected chi connectivity index (χ4v) is 2.33. The van der Waals surface area contributed by atoms with Gasteiger partial charge < -0.3 is 5.21 Å². The molecular weight excluding hydrogens is 304 g/mol. The van der Waals surface area contributed by atoms with Gasteiger partial charge in [-0.2, -0.15) is 0 Å². The van der Waals surface area contributed by atoms with Gasteiger partial charge in [0.05, 0.1) is 16.2 Å². The maximum atomic E-state index is 10.9. The molecule has 0 atom stereocenters. The lowest BCUT2D eigenvalue weighted by Gasteiger charge is -2.10. The summed E-state index contributed by atoms with van der Waals surface area (Å²) < 4.78 is 0. The standard InChI is InChI=1S/C16H17ClN2O3/c1-4-13(19(21)22)9-16(17)14(5-2)15-7-6-12(10-18-20)8-11(15)3/h4-10,20H,1-3H3/b13-4+,14-5-,16-9+,18-10+. The first kappa shape index (κ1) is 17.7. The van der Waals surface area contributed by atoms with Crippen LogP contribution in [0, 0.1) is 17.0 Å². The van der Waals surface area contributed by atoms with E-state index in [1.807, 2.05) is 26.0 Å². The van der Waals surface area contributed by atoms with Gasteiger partial charge in [-0.25, -0.2) is 0 Å². The second-order valence-corrected chi connectivity index (χ2v) is 4.89. The van der Waals surface area contributed by atoms with Crippen molar-refractivity contribution in [3.05, 3.63) is 74.0 Å². The normalized spacial score (nSPS) is 13.7. The molecule has 22 heavy (non-hydrogen) atoms. The zero-order valence-electron chi connectivity index (χ0n) is 12.6. The van der Waals surface area contributed by atoms with Crippen LogP contribution >= 0.6 is 11.6 Å². The van der Waals surface area contributed by atoms with Crippen molar-refractivity contribution in [3.8, 4) is 0 Å². The largest absolute Gasteiger partial charge is 0.411 e. The van der Waals surface area contributed by atoms with Gasteiger partial charge in [-0.15, -0.1) is 0 Å². The van der Waals surface area contributed by atoms with Crippen LogP contribution in [0.1, 0.15) is 30.5 Å². The van der Waals surface area contributed by atoms with E-state index in [2.05, 4.69) is 5.16 Å². The van der Waals surface area contributed by atoms with Gasteiger partial charge in [-0.05, 0) is 55.2 Å². The van der Waals surface area contributed by atoms with Crippen molar-refractivity contribution in [2.45, 2.75) is 20.8 Å². The van der Waals surface area contributed by atoms with Crippen LogP contribution in [0.4, 0.5) is 0 Å². The summed E-state index contributed by atoms with van der Waals surface area (Å²) in [5.74, 6) is 0. The minimum atomic E-state index is -0.483. The molecule has 1 aromatic carbocycles. The molecule has 0 saturated carbocycles. The van der Waals surface area contributed by atoms with Crippen LogP contribution in [0.2, 0.25) is 0 Å². The third kappa shape index (κ3) is 4.30. The molecule has 0 bridgehead atoms. The van der Waals surface area contributed by atoms with E-state index < -0.39 is 4.92 Å². The lowest BCUT2D eigenvalue weighted by atomic mass is 9.97. The SMILES string of the molecule is C\C=C(/C(Cl)=C\C(=C/C)[N+](=O)[O-])c1ccc(/C=N/O)cc1C. The lowest BCUT2D eigenvalue weighted by molar-refractivity contribution is -0.419. The van der Waals surface area contributed by atoms with Gasteiger partial charge in [0.25, 0.3) is 5.70 Å². The highest BCUT2D eigenvalue weighted by Crippen LogP contribution is 2.30. The van der Waals surface area contributed by atoms with Crippen LogP contribution in [0.25, 0.3) is 5.57 Å². The minimum absolute atomic E-state index is 0.0639. The fraction of sp³-hybridized carbons (Fsp3) is 0.188. The third-order valence-corrected chi connectivity index (χ3v) is 3.39. The van der Waals surface area contributed by atoms with Crippen molar-refractivity contribution < 1.29 is 10.1 Å². The Balaban J connectivity index is 3.28. The number of halogens is 1. The van der Waals surface area contributed by atoms with Gasteiger partial charge >= 0.3 is 0 Å². The number of oxime groups is 1. The molecule has 6 heteroatoms. The second-order valence-electron chi connectivity index (χ2n) is 4.48. The number of allylic oxidation sites excluding steroid dienone is 5. The summed E-state index contributed by atoms with van der Waals surface area (Å²) in [6.07, 6.45) is 5.85. The van der Waals surface area contributed by atoms with Crippen molar-refractivity contribution >= 4 is 23.4 Å². The van der Waals surface area contributed by atoms with Crippen LogP contribution in [0.5, 0.6) is 0 Å². The molecule has 0 aliphatic carbocycles. The summed E-state index contributed by atoms with van der Waals surface area (Å²) in [6, 6.07) is 5.45. The van der Waals surface area contributed by atoms with Crippen LogP contribution in [-0.2, 0) is 0 Å². The average molecular weight is 321 g/mol. The van der Waals surface area contributed by atoms with Crippen LogP contribution < -0.4 is 0 Å². The van der Waals surface area contributed by atoms with Gasteiger partial charge in [0.15, 0.2) is 0 Å². The van der Waals surface area contributed by atoms with Crippen molar-refractivity contribution in [1.82, 2.24) is 0 Å². The topological polar surface area (TPSA) is 75.7 Å². The monoisotopic (exact) mass is 320 g/mol. The number of benzene rings is 1. The summed E-state index contributed by atoms with van der Waals surface area (Å²) in [5, 5.41) is 22.7. The first-order valence-corrected chi connectivity index (χ1v) is 6.95. The number of nitrogens with zero attached hydrogens (tertiary/aromatic N) is 2. The molecule has 0 saturated heterocycles. The molecule has 0 spiro atoms. The molecular formula is C16H17ClN2O3. The van der Waals surface area contributed by atoms with Crippen LogP contribution in [0.15, 0.2) is 52.3 Å². The lowest BCUT2D eigenvalue weighted by Crippen LogP contribution is -1.97. The van der Waals surface area contributed by atoms with Crippen molar-refractivity contribution in [2.75, 3.05) is 0 Å². The number of aryl methyl sites for hydroxylation is 1. The van der Waals surface area contributed by atoms with E-state index in [1.165, 1.54) is 18.4 Å². The Labute approximate surface area is 134 Å². The highest BCUT2D eigenvalue weighted by Gasteiger charge is 2.12. The molecule has 1 aromatic rings. The van der Waals surface area contributed by atoms with E-state index in [1.54, 1.807) is 19.1 Å². The second kappa shape index (κ2) is 8.14. The van der Waals surface area contributed by atoms with Crippen molar-refractivity contribution in [3.63, 3.8) is 0 Å². The van der Waals surface area contributed by atoms with E-state index in [0.29, 0.717) is 10.6 Å². The molecule has 0 aliphatic rings. The molecule has 5 nitrogen and oxygen atoms in total. The number of nitro groups is 1. The Morgan fingerprint density at radius 3 is 2.50 bits per heavy atom. The summed E-state index contributed by atoms with van der Waals surface area (Å²) in [6.45, 7) is 5.29. The first-order chi connectivity index (χ1) is 10.4. The number of rotatable bonds is 5. The maximum absolute atomic E-state index is 10.9. The molecule has 0 radical (unpaired) electrons. The molecule has 0 fully saturated rings. The predicted octanol–water partition coefficient (Wildman–Crippen LogP) is 4.51. The minimum Gasteiger partial charge on any atom is -0.411 e. The van der Waals surface area contributed by atoms with Gasteiger partial charge in [-0.1, -0.05) is 35.0 Å². The predicted molar refractivity (Wildman–Crippen MR) is 88.9 cm³/mol. The Kier molecular flexibility index (Phi) is 6.53. The quantitative estimate of drug-likeness (QED) is 0.285. The molecule has 0 unspecified atom stereocenters. The Morgan fingerprint density at radius 2 is 2.05 bits per heavy atom. The zero-order chi connectivity index (χ0) is 16.7. The van der Waals surface area contributed by atoms with Crippen LogP contribution in [-0.4, -0.2) is 16.3 Å². The number of hydrogen-bond acceptors (Lipinski definition) is 4. The zero-order valence-corrected chi connectivity index (χ0v) is 13.3. The molecule has 1 rings (SSSR count). The average Bonchev–Trinajstić information content (AvgIpc) is 2.47. The van der Waals surface area contributed by atoms with Gasteiger partial charge in [0.2, 0.25) is 0 Å². The maximum Gasteiger partial charge on any atom is 0.266 e. The smallest absolute Gasteiger partial charge is 0.266 e. The summed E-state index contributed by atoms with van der Waals surface area (Å²) in [5.41, 5.74) is 3.16. The van der Waals surface area contributed by atoms with E-state index in [0.717, 1.165) is 16.7 Å². The van der Waals surface area contributed by atoms with Crippen molar-refractivity contribution in [1.29, 1.82) is 0 Å². The Morgan fingerprint density at radius 1 is 1.36 bits per heavy atom. The highest BCUT2D eigenvalue weighted by atomic mass is 35.5. The molecule has 0 aromatic heterocycles. The van der Waals surface area contributed by atoms with Crippen molar-refractivity contribution in [2.24, 2.45) is 5.16 Å². The first-order valence-electron chi connectivity index (χ1n) is 6.57. The summed E-state index contributed by atoms with van der Waals surface area (Å²) in [4.78, 5) is 10.4. The van der Waals surface area contributed by atoms with Crippen LogP contribution in [0.3, 0.4) is 0 Å². The van der Waals surface area contributed by atoms with Gasteiger partial charge in [-0.3, -0.25) is 10.1 Å². The molecule has 0 heterocycles. The molecule has 0 amide bonds. The Bertz CT molecular complexity index is 689.